The van der Waals surface area contributed by atoms with Crippen LogP contribution in [-0.4, -0.2) is 30.2 Å². The first-order valence-electron chi connectivity index (χ1n) is 9.88. The topological polar surface area (TPSA) is 111 Å². The monoisotopic (exact) mass is 426 g/mol. The van der Waals surface area contributed by atoms with Crippen LogP contribution < -0.4 is 11.0 Å². The third-order valence-corrected chi connectivity index (χ3v) is 4.88. The standard InChI is InChI=1S/C23H18N6O3/c30-21(25-22-26-27-23(31)29(22)14-16-8-3-1-4-9-16)20-24-18(19-12-7-13-32-19)15-28(20)17-10-5-2-6-11-17/h1-13,15H,14H2,(H,27,31)(H,25,26,30). The molecule has 0 spiro atoms. The number of para-hydroxylation sites is 1. The first-order chi connectivity index (χ1) is 15.7. The average molecular weight is 426 g/mol. The Kier molecular flexibility index (Phi) is 4.97. The largest absolute Gasteiger partial charge is 0.463 e. The Morgan fingerprint density at radius 1 is 1.00 bits per heavy atom. The van der Waals surface area contributed by atoms with Gasteiger partial charge in [-0.3, -0.25) is 19.2 Å². The number of hydrogen-bond acceptors (Lipinski definition) is 5. The Hall–Kier alpha value is -4.66. The van der Waals surface area contributed by atoms with Crippen molar-refractivity contribution in [3.05, 3.63) is 107 Å². The maximum atomic E-state index is 13.2. The lowest BCUT2D eigenvalue weighted by Gasteiger charge is -2.09. The lowest BCUT2D eigenvalue weighted by atomic mass is 10.2. The number of rotatable bonds is 6. The molecule has 0 bridgehead atoms. The van der Waals surface area contributed by atoms with Crippen LogP contribution in [-0.2, 0) is 6.54 Å². The van der Waals surface area contributed by atoms with Gasteiger partial charge in [0.1, 0.15) is 5.69 Å². The highest BCUT2D eigenvalue weighted by atomic mass is 16.3. The van der Waals surface area contributed by atoms with Crippen LogP contribution in [0.1, 0.15) is 16.2 Å². The lowest BCUT2D eigenvalue weighted by Crippen LogP contribution is -2.24. The van der Waals surface area contributed by atoms with Gasteiger partial charge in [0.05, 0.1) is 12.8 Å². The molecule has 32 heavy (non-hydrogen) atoms. The van der Waals surface area contributed by atoms with Crippen LogP contribution in [0.15, 0.2) is 94.5 Å². The molecule has 0 aliphatic heterocycles. The second kappa shape index (κ2) is 8.23. The molecule has 0 aliphatic carbocycles. The molecule has 3 heterocycles. The van der Waals surface area contributed by atoms with Crippen molar-refractivity contribution in [1.29, 1.82) is 0 Å². The molecule has 0 radical (unpaired) electrons. The average Bonchev–Trinajstić information content (AvgIpc) is 3.57. The van der Waals surface area contributed by atoms with Crippen molar-refractivity contribution < 1.29 is 9.21 Å². The summed E-state index contributed by atoms with van der Waals surface area (Å²) in [6.45, 7) is 0.260. The van der Waals surface area contributed by atoms with Gasteiger partial charge in [-0.1, -0.05) is 48.5 Å². The molecule has 1 amide bonds. The van der Waals surface area contributed by atoms with Crippen molar-refractivity contribution >= 4 is 11.9 Å². The van der Waals surface area contributed by atoms with E-state index in [9.17, 15) is 9.59 Å². The van der Waals surface area contributed by atoms with Crippen LogP contribution in [0.5, 0.6) is 0 Å². The molecule has 0 saturated heterocycles. The number of imidazole rings is 1. The summed E-state index contributed by atoms with van der Waals surface area (Å²) >= 11 is 0. The molecule has 2 aromatic carbocycles. The maximum absolute atomic E-state index is 13.2. The molecule has 5 rings (SSSR count). The van der Waals surface area contributed by atoms with E-state index in [2.05, 4.69) is 20.5 Å². The Morgan fingerprint density at radius 2 is 1.75 bits per heavy atom. The summed E-state index contributed by atoms with van der Waals surface area (Å²) in [5.41, 5.74) is 1.74. The predicted octanol–water partition coefficient (Wildman–Crippen LogP) is 3.32. The molecular weight excluding hydrogens is 408 g/mol. The maximum Gasteiger partial charge on any atom is 0.345 e. The molecule has 9 nitrogen and oxygen atoms in total. The predicted molar refractivity (Wildman–Crippen MR) is 118 cm³/mol. The van der Waals surface area contributed by atoms with Gasteiger partial charge in [0.2, 0.25) is 11.8 Å². The van der Waals surface area contributed by atoms with Crippen LogP contribution >= 0.6 is 0 Å². The molecule has 3 aromatic heterocycles. The van der Waals surface area contributed by atoms with Gasteiger partial charge in [-0.15, -0.1) is 5.10 Å². The highest BCUT2D eigenvalue weighted by Crippen LogP contribution is 2.22. The first kappa shape index (κ1) is 19.3. The first-order valence-corrected chi connectivity index (χ1v) is 9.88. The van der Waals surface area contributed by atoms with E-state index in [0.717, 1.165) is 11.3 Å². The molecule has 0 saturated carbocycles. The zero-order valence-corrected chi connectivity index (χ0v) is 16.8. The Balaban J connectivity index is 1.50. The molecule has 2 N–H and O–H groups in total. The number of hydrogen-bond donors (Lipinski definition) is 2. The van der Waals surface area contributed by atoms with E-state index < -0.39 is 11.6 Å². The number of carbonyl (C=O) groups is 1. The van der Waals surface area contributed by atoms with Crippen LogP contribution in [0, 0.1) is 0 Å². The molecule has 5 aromatic rings. The van der Waals surface area contributed by atoms with Gasteiger partial charge >= 0.3 is 5.69 Å². The molecule has 0 atom stereocenters. The summed E-state index contributed by atoms with van der Waals surface area (Å²) in [5.74, 6) is 0.254. The minimum absolute atomic E-state index is 0.103. The van der Waals surface area contributed by atoms with E-state index in [1.807, 2.05) is 60.7 Å². The number of aromatic nitrogens is 5. The van der Waals surface area contributed by atoms with Gasteiger partial charge in [0.25, 0.3) is 5.91 Å². The number of benzene rings is 2. The number of nitrogens with zero attached hydrogens (tertiary/aromatic N) is 4. The van der Waals surface area contributed by atoms with Crippen LogP contribution in [0.4, 0.5) is 5.95 Å². The zero-order chi connectivity index (χ0) is 21.9. The van der Waals surface area contributed by atoms with E-state index in [-0.39, 0.29) is 18.3 Å². The van der Waals surface area contributed by atoms with Crippen molar-refractivity contribution in [2.75, 3.05) is 5.32 Å². The molecular formula is C23H18N6O3. The van der Waals surface area contributed by atoms with E-state index in [1.54, 1.807) is 29.2 Å². The smallest absolute Gasteiger partial charge is 0.345 e. The van der Waals surface area contributed by atoms with Gasteiger partial charge in [0.15, 0.2) is 5.76 Å². The molecule has 0 unspecified atom stereocenters. The fourth-order valence-electron chi connectivity index (χ4n) is 3.35. The van der Waals surface area contributed by atoms with Gasteiger partial charge in [-0.2, -0.15) is 0 Å². The van der Waals surface area contributed by atoms with E-state index >= 15 is 0 Å². The third kappa shape index (κ3) is 3.74. The molecule has 158 valence electrons. The Labute approximate surface area is 182 Å². The van der Waals surface area contributed by atoms with E-state index in [0.29, 0.717) is 11.5 Å². The van der Waals surface area contributed by atoms with Crippen molar-refractivity contribution in [1.82, 2.24) is 24.3 Å². The number of carbonyl (C=O) groups excluding carboxylic acids is 1. The molecule has 0 fully saturated rings. The van der Waals surface area contributed by atoms with Crippen molar-refractivity contribution in [2.45, 2.75) is 6.54 Å². The van der Waals surface area contributed by atoms with Crippen LogP contribution in [0.25, 0.3) is 17.1 Å². The number of furan rings is 1. The summed E-state index contributed by atoms with van der Waals surface area (Å²) in [4.78, 5) is 30.0. The van der Waals surface area contributed by atoms with Gasteiger partial charge in [-0.05, 0) is 29.8 Å². The minimum Gasteiger partial charge on any atom is -0.463 e. The minimum atomic E-state index is -0.514. The molecule has 0 aliphatic rings. The van der Waals surface area contributed by atoms with E-state index in [1.165, 1.54) is 4.57 Å². The number of anilines is 1. The third-order valence-electron chi connectivity index (χ3n) is 4.88. The van der Waals surface area contributed by atoms with Gasteiger partial charge < -0.3 is 4.42 Å². The van der Waals surface area contributed by atoms with Gasteiger partial charge in [-0.25, -0.2) is 14.9 Å². The Bertz CT molecular complexity index is 1400. The van der Waals surface area contributed by atoms with E-state index in [4.69, 9.17) is 4.42 Å². The quantitative estimate of drug-likeness (QED) is 0.433. The second-order valence-electron chi connectivity index (χ2n) is 7.01. The zero-order valence-electron chi connectivity index (χ0n) is 16.8. The summed E-state index contributed by atoms with van der Waals surface area (Å²) < 4.78 is 8.46. The van der Waals surface area contributed by atoms with Crippen LogP contribution in [0.2, 0.25) is 0 Å². The van der Waals surface area contributed by atoms with Crippen molar-refractivity contribution in [2.24, 2.45) is 0 Å². The van der Waals surface area contributed by atoms with Crippen molar-refractivity contribution in [3.63, 3.8) is 0 Å². The number of H-pyrrole nitrogens is 1. The number of aromatic amines is 1. The molecule has 9 heteroatoms. The highest BCUT2D eigenvalue weighted by molar-refractivity contribution is 6.01. The summed E-state index contributed by atoms with van der Waals surface area (Å²) in [6.07, 6.45) is 3.27. The van der Waals surface area contributed by atoms with Crippen LogP contribution in [0.3, 0.4) is 0 Å². The highest BCUT2D eigenvalue weighted by Gasteiger charge is 2.21. The van der Waals surface area contributed by atoms with Gasteiger partial charge in [0, 0.05) is 11.9 Å². The normalized spacial score (nSPS) is 10.9. The fraction of sp³-hybridized carbons (Fsp3) is 0.0435. The number of nitrogens with one attached hydrogen (secondary N) is 2. The Morgan fingerprint density at radius 3 is 2.47 bits per heavy atom. The van der Waals surface area contributed by atoms with Crippen molar-refractivity contribution in [3.8, 4) is 17.1 Å². The summed E-state index contributed by atoms with van der Waals surface area (Å²) in [6, 6.07) is 22.3. The summed E-state index contributed by atoms with van der Waals surface area (Å²) in [7, 11) is 0. The lowest BCUT2D eigenvalue weighted by molar-refractivity contribution is 0.101. The number of amides is 1. The second-order valence-corrected chi connectivity index (χ2v) is 7.01. The summed E-state index contributed by atoms with van der Waals surface area (Å²) in [5, 5.41) is 9.07. The fourth-order valence-corrected chi connectivity index (χ4v) is 3.35. The SMILES string of the molecule is O=C(Nc1n[nH]c(=O)n1Cc1ccccc1)c1nc(-c2ccco2)cn1-c1ccccc1.